The third-order valence-corrected chi connectivity index (χ3v) is 5.10. The number of carbonyl (C=O) groups excluding carboxylic acids is 2. The van der Waals surface area contributed by atoms with Gasteiger partial charge in [-0.1, -0.05) is 36.9 Å². The first-order valence-corrected chi connectivity index (χ1v) is 9.45. The van der Waals surface area contributed by atoms with Crippen LogP contribution in [-0.4, -0.2) is 52.4 Å². The van der Waals surface area contributed by atoms with E-state index in [9.17, 15) is 14.4 Å². The lowest BCUT2D eigenvalue weighted by atomic mass is 10.0. The van der Waals surface area contributed by atoms with Crippen molar-refractivity contribution in [3.05, 3.63) is 71.2 Å². The number of aromatic nitrogens is 1. The molecule has 3 rings (SSSR count). The van der Waals surface area contributed by atoms with E-state index in [0.717, 1.165) is 16.7 Å². The highest BCUT2D eigenvalue weighted by Gasteiger charge is 2.22. The maximum absolute atomic E-state index is 12.5. The van der Waals surface area contributed by atoms with Crippen LogP contribution in [-0.2, 0) is 16.1 Å². The van der Waals surface area contributed by atoms with E-state index in [2.05, 4.69) is 6.58 Å². The van der Waals surface area contributed by atoms with Gasteiger partial charge < -0.3 is 14.4 Å². The molecule has 0 bridgehead atoms. The van der Waals surface area contributed by atoms with Gasteiger partial charge in [-0.15, -0.1) is 0 Å². The van der Waals surface area contributed by atoms with Gasteiger partial charge in [0.05, 0.1) is 0 Å². The number of carbonyl (C=O) groups is 2. The molecule has 1 aliphatic heterocycles. The van der Waals surface area contributed by atoms with E-state index in [-0.39, 0.29) is 23.8 Å². The topological polar surface area (TPSA) is 62.6 Å². The molecule has 1 fully saturated rings. The van der Waals surface area contributed by atoms with Crippen LogP contribution in [0, 0.1) is 6.92 Å². The Labute approximate surface area is 164 Å². The van der Waals surface area contributed by atoms with Crippen molar-refractivity contribution in [2.75, 3.05) is 26.2 Å². The number of aryl methyl sites for hydroxylation is 2. The minimum Gasteiger partial charge on any atom is -0.339 e. The molecule has 0 atom stereocenters. The van der Waals surface area contributed by atoms with Crippen molar-refractivity contribution in [2.45, 2.75) is 19.9 Å². The van der Waals surface area contributed by atoms with Gasteiger partial charge in [0.25, 0.3) is 5.56 Å². The molecule has 0 N–H and O–H groups in total. The molecule has 6 nitrogen and oxygen atoms in total. The third kappa shape index (κ3) is 4.39. The summed E-state index contributed by atoms with van der Waals surface area (Å²) in [5.74, 6) is -0.105. The number of piperazine rings is 1. The minimum absolute atomic E-state index is 0.000520. The molecule has 1 aliphatic rings. The van der Waals surface area contributed by atoms with Crippen molar-refractivity contribution in [2.24, 2.45) is 0 Å². The summed E-state index contributed by atoms with van der Waals surface area (Å²) in [4.78, 5) is 40.0. The monoisotopic (exact) mass is 379 g/mol. The smallest absolute Gasteiger partial charge is 0.250 e. The Morgan fingerprint density at radius 3 is 2.36 bits per heavy atom. The zero-order valence-electron chi connectivity index (χ0n) is 16.1. The number of benzene rings is 1. The van der Waals surface area contributed by atoms with Crippen molar-refractivity contribution >= 4 is 11.8 Å². The van der Waals surface area contributed by atoms with E-state index in [1.165, 1.54) is 6.08 Å². The second-order valence-electron chi connectivity index (χ2n) is 6.93. The number of nitrogens with zero attached hydrogens (tertiary/aromatic N) is 3. The van der Waals surface area contributed by atoms with Crippen molar-refractivity contribution in [3.8, 4) is 11.1 Å². The molecule has 6 heteroatoms. The van der Waals surface area contributed by atoms with Crippen molar-refractivity contribution < 1.29 is 9.59 Å². The lowest BCUT2D eigenvalue weighted by molar-refractivity contribution is -0.137. The van der Waals surface area contributed by atoms with Crippen LogP contribution in [0.4, 0.5) is 0 Å². The van der Waals surface area contributed by atoms with Gasteiger partial charge in [0.15, 0.2) is 0 Å². The fourth-order valence-corrected chi connectivity index (χ4v) is 3.44. The van der Waals surface area contributed by atoms with Gasteiger partial charge >= 0.3 is 0 Å². The number of amides is 2. The highest BCUT2D eigenvalue weighted by atomic mass is 16.2. The molecular weight excluding hydrogens is 354 g/mol. The Kier molecular flexibility index (Phi) is 6.09. The largest absolute Gasteiger partial charge is 0.339 e. The van der Waals surface area contributed by atoms with E-state index >= 15 is 0 Å². The summed E-state index contributed by atoms with van der Waals surface area (Å²) >= 11 is 0. The molecule has 2 aromatic rings. The molecular formula is C22H25N3O3. The molecule has 28 heavy (non-hydrogen) atoms. The lowest BCUT2D eigenvalue weighted by Gasteiger charge is -2.34. The van der Waals surface area contributed by atoms with Crippen molar-refractivity contribution in [3.63, 3.8) is 0 Å². The molecule has 0 aliphatic carbocycles. The standard InChI is InChI=1S/C22H25N3O3/c1-3-20(26)23-11-13-24(14-12-23)21(27)9-10-25-16-19(17(2)15-22(25)28)18-7-5-4-6-8-18/h3-8,15-16H,1,9-14H2,2H3. The van der Waals surface area contributed by atoms with E-state index in [4.69, 9.17) is 0 Å². The van der Waals surface area contributed by atoms with E-state index in [0.29, 0.717) is 32.7 Å². The number of hydrogen-bond acceptors (Lipinski definition) is 3. The Morgan fingerprint density at radius 2 is 1.71 bits per heavy atom. The highest BCUT2D eigenvalue weighted by molar-refractivity contribution is 5.87. The number of pyridine rings is 1. The Bertz CT molecular complexity index is 926. The average Bonchev–Trinajstić information content (AvgIpc) is 2.73. The van der Waals surface area contributed by atoms with E-state index in [1.807, 2.05) is 43.5 Å². The van der Waals surface area contributed by atoms with Gasteiger partial charge in [0.2, 0.25) is 11.8 Å². The SMILES string of the molecule is C=CC(=O)N1CCN(C(=O)CCn2cc(-c3ccccc3)c(C)cc2=O)CC1. The first-order chi connectivity index (χ1) is 13.5. The predicted molar refractivity (Wildman–Crippen MR) is 109 cm³/mol. The normalized spacial score (nSPS) is 14.0. The maximum atomic E-state index is 12.5. The van der Waals surface area contributed by atoms with Gasteiger partial charge in [-0.3, -0.25) is 14.4 Å². The first kappa shape index (κ1) is 19.6. The second-order valence-corrected chi connectivity index (χ2v) is 6.93. The zero-order chi connectivity index (χ0) is 20.1. The molecule has 0 radical (unpaired) electrons. The summed E-state index contributed by atoms with van der Waals surface area (Å²) in [5.41, 5.74) is 2.85. The number of rotatable bonds is 5. The summed E-state index contributed by atoms with van der Waals surface area (Å²) < 4.78 is 1.60. The molecule has 1 aromatic carbocycles. The van der Waals surface area contributed by atoms with Crippen LogP contribution in [0.3, 0.4) is 0 Å². The molecule has 0 spiro atoms. The Hall–Kier alpha value is -3.15. The predicted octanol–water partition coefficient (Wildman–Crippen LogP) is 2.07. The number of hydrogen-bond donors (Lipinski definition) is 0. The van der Waals surface area contributed by atoms with Gasteiger partial charge in [-0.2, -0.15) is 0 Å². The molecule has 0 saturated carbocycles. The van der Waals surface area contributed by atoms with Crippen molar-refractivity contribution in [1.82, 2.24) is 14.4 Å². The van der Waals surface area contributed by atoms with Crippen molar-refractivity contribution in [1.29, 1.82) is 0 Å². The summed E-state index contributed by atoms with van der Waals surface area (Å²) in [6, 6.07) is 11.5. The Balaban J connectivity index is 1.65. The average molecular weight is 379 g/mol. The first-order valence-electron chi connectivity index (χ1n) is 9.45. The lowest BCUT2D eigenvalue weighted by Crippen LogP contribution is -2.50. The van der Waals surface area contributed by atoms with Crippen LogP contribution in [0.15, 0.2) is 60.0 Å². The van der Waals surface area contributed by atoms with Crippen LogP contribution in [0.2, 0.25) is 0 Å². The van der Waals surface area contributed by atoms with E-state index in [1.54, 1.807) is 20.4 Å². The molecule has 2 amide bonds. The van der Waals surface area contributed by atoms with Gasteiger partial charge in [0, 0.05) is 57.0 Å². The quantitative estimate of drug-likeness (QED) is 0.747. The van der Waals surface area contributed by atoms with Crippen LogP contribution >= 0.6 is 0 Å². The zero-order valence-corrected chi connectivity index (χ0v) is 16.1. The molecule has 2 heterocycles. The second kappa shape index (κ2) is 8.69. The van der Waals surface area contributed by atoms with Crippen LogP contribution < -0.4 is 5.56 Å². The third-order valence-electron chi connectivity index (χ3n) is 5.10. The summed E-state index contributed by atoms with van der Waals surface area (Å²) in [6.07, 6.45) is 3.39. The van der Waals surface area contributed by atoms with Crippen LogP contribution in [0.5, 0.6) is 0 Å². The summed E-state index contributed by atoms with van der Waals surface area (Å²) in [6.45, 7) is 7.80. The molecule has 146 valence electrons. The van der Waals surface area contributed by atoms with Crippen LogP contribution in [0.1, 0.15) is 12.0 Å². The van der Waals surface area contributed by atoms with Gasteiger partial charge in [-0.05, 0) is 24.1 Å². The fourth-order valence-electron chi connectivity index (χ4n) is 3.44. The minimum atomic E-state index is -0.105. The Morgan fingerprint density at radius 1 is 1.07 bits per heavy atom. The van der Waals surface area contributed by atoms with Gasteiger partial charge in [0.1, 0.15) is 0 Å². The highest BCUT2D eigenvalue weighted by Crippen LogP contribution is 2.21. The fraction of sp³-hybridized carbons (Fsp3) is 0.318. The van der Waals surface area contributed by atoms with E-state index < -0.39 is 0 Å². The summed E-state index contributed by atoms with van der Waals surface area (Å²) in [7, 11) is 0. The molecule has 0 unspecified atom stereocenters. The van der Waals surface area contributed by atoms with Gasteiger partial charge in [-0.25, -0.2) is 0 Å². The summed E-state index contributed by atoms with van der Waals surface area (Å²) in [5, 5.41) is 0. The van der Waals surface area contributed by atoms with Crippen LogP contribution in [0.25, 0.3) is 11.1 Å². The maximum Gasteiger partial charge on any atom is 0.250 e. The molecule has 1 aromatic heterocycles. The molecule has 1 saturated heterocycles.